The van der Waals surface area contributed by atoms with Crippen LogP contribution in [0.5, 0.6) is 11.5 Å². The summed E-state index contributed by atoms with van der Waals surface area (Å²) in [7, 11) is 0. The van der Waals surface area contributed by atoms with Gasteiger partial charge in [-0.15, -0.1) is 0 Å². The number of hydrazine groups is 1. The van der Waals surface area contributed by atoms with Crippen molar-refractivity contribution in [3.63, 3.8) is 0 Å². The Morgan fingerprint density at radius 3 is 2.28 bits per heavy atom. The van der Waals surface area contributed by atoms with Gasteiger partial charge in [-0.3, -0.25) is 10.4 Å². The van der Waals surface area contributed by atoms with Gasteiger partial charge in [0.1, 0.15) is 17.2 Å². The summed E-state index contributed by atoms with van der Waals surface area (Å²) in [5.41, 5.74) is 6.71. The van der Waals surface area contributed by atoms with Crippen molar-refractivity contribution in [3.8, 4) is 11.5 Å². The van der Waals surface area contributed by atoms with Gasteiger partial charge in [0.25, 0.3) is 0 Å². The molecule has 0 radical (unpaired) electrons. The second kappa shape index (κ2) is 10.5. The molecule has 1 heterocycles. The lowest BCUT2D eigenvalue weighted by atomic mass is 10.1. The number of nitrogens with zero attached hydrogens (tertiary/aromatic N) is 2. The molecule has 1 aliphatic heterocycles. The zero-order valence-corrected chi connectivity index (χ0v) is 18.4. The number of anilines is 1. The van der Waals surface area contributed by atoms with E-state index in [0.29, 0.717) is 23.9 Å². The topological polar surface area (TPSA) is 57.1 Å². The summed E-state index contributed by atoms with van der Waals surface area (Å²) >= 11 is 0. The zero-order chi connectivity index (χ0) is 22.2. The van der Waals surface area contributed by atoms with Crippen molar-refractivity contribution in [3.05, 3.63) is 96.2 Å². The SMILES string of the molecule is CCCCCCOc1ccc(N2C=C(c3ccccc3)N=C(c3ccccc3)N2)c(O)c1. The van der Waals surface area contributed by atoms with Gasteiger partial charge in [0.15, 0.2) is 5.84 Å². The number of benzene rings is 3. The van der Waals surface area contributed by atoms with Gasteiger partial charge in [0, 0.05) is 17.2 Å². The number of phenolic OH excluding ortho intramolecular Hbond substituents is 1. The largest absolute Gasteiger partial charge is 0.506 e. The molecule has 3 aromatic rings. The monoisotopic (exact) mass is 427 g/mol. The van der Waals surface area contributed by atoms with E-state index < -0.39 is 0 Å². The van der Waals surface area contributed by atoms with Crippen molar-refractivity contribution >= 4 is 17.2 Å². The predicted molar refractivity (Wildman–Crippen MR) is 131 cm³/mol. The molecule has 0 atom stereocenters. The lowest BCUT2D eigenvalue weighted by Gasteiger charge is -2.29. The molecule has 0 fully saturated rings. The Bertz CT molecular complexity index is 1080. The summed E-state index contributed by atoms with van der Waals surface area (Å²) in [6.45, 7) is 2.85. The summed E-state index contributed by atoms with van der Waals surface area (Å²) < 4.78 is 5.82. The van der Waals surface area contributed by atoms with Gasteiger partial charge in [-0.25, -0.2) is 4.99 Å². The molecule has 0 spiro atoms. The van der Waals surface area contributed by atoms with Gasteiger partial charge in [0.05, 0.1) is 18.5 Å². The Morgan fingerprint density at radius 2 is 1.59 bits per heavy atom. The van der Waals surface area contributed by atoms with Crippen LogP contribution in [-0.4, -0.2) is 17.5 Å². The van der Waals surface area contributed by atoms with E-state index in [-0.39, 0.29) is 5.75 Å². The van der Waals surface area contributed by atoms with Crippen LogP contribution in [0.4, 0.5) is 5.69 Å². The van der Waals surface area contributed by atoms with E-state index in [1.54, 1.807) is 11.1 Å². The van der Waals surface area contributed by atoms with Gasteiger partial charge >= 0.3 is 0 Å². The fourth-order valence-corrected chi connectivity index (χ4v) is 3.56. The number of hydrogen-bond donors (Lipinski definition) is 2. The lowest BCUT2D eigenvalue weighted by Crippen LogP contribution is -2.41. The quantitative estimate of drug-likeness (QED) is 0.404. The number of phenols is 1. The molecule has 5 heteroatoms. The maximum Gasteiger partial charge on any atom is 0.152 e. The highest BCUT2D eigenvalue weighted by molar-refractivity contribution is 6.04. The Balaban J connectivity index is 1.58. The first-order valence-electron chi connectivity index (χ1n) is 11.2. The second-order valence-electron chi connectivity index (χ2n) is 7.75. The third-order valence-corrected chi connectivity index (χ3v) is 5.30. The van der Waals surface area contributed by atoms with Gasteiger partial charge < -0.3 is 9.84 Å². The van der Waals surface area contributed by atoms with Crippen LogP contribution in [-0.2, 0) is 0 Å². The Labute approximate surface area is 189 Å². The number of ether oxygens (including phenoxy) is 1. The molecule has 2 N–H and O–H groups in total. The van der Waals surface area contributed by atoms with E-state index in [2.05, 4.69) is 12.3 Å². The second-order valence-corrected chi connectivity index (χ2v) is 7.75. The number of hydrogen-bond acceptors (Lipinski definition) is 5. The van der Waals surface area contributed by atoms with Crippen LogP contribution >= 0.6 is 0 Å². The van der Waals surface area contributed by atoms with E-state index in [1.807, 2.05) is 79.0 Å². The molecular formula is C27H29N3O2. The molecule has 0 aliphatic carbocycles. The molecule has 0 saturated carbocycles. The molecule has 0 amide bonds. The maximum absolute atomic E-state index is 10.8. The fraction of sp³-hybridized carbons (Fsp3) is 0.222. The van der Waals surface area contributed by atoms with E-state index in [1.165, 1.54) is 12.8 Å². The molecule has 0 unspecified atom stereocenters. The molecule has 164 valence electrons. The van der Waals surface area contributed by atoms with Crippen LogP contribution < -0.4 is 15.2 Å². The molecule has 0 bridgehead atoms. The Morgan fingerprint density at radius 1 is 0.875 bits per heavy atom. The van der Waals surface area contributed by atoms with Crippen LogP contribution in [0.2, 0.25) is 0 Å². The molecule has 32 heavy (non-hydrogen) atoms. The van der Waals surface area contributed by atoms with Crippen LogP contribution in [0, 0.1) is 0 Å². The highest BCUT2D eigenvalue weighted by atomic mass is 16.5. The molecule has 4 rings (SSSR count). The van der Waals surface area contributed by atoms with Crippen molar-refractivity contribution in [2.45, 2.75) is 32.6 Å². The third-order valence-electron chi connectivity index (χ3n) is 5.30. The predicted octanol–water partition coefficient (Wildman–Crippen LogP) is 6.12. The normalized spacial score (nSPS) is 13.2. The van der Waals surface area contributed by atoms with Crippen molar-refractivity contribution in [2.24, 2.45) is 4.99 Å². The van der Waals surface area contributed by atoms with Crippen LogP contribution in [0.15, 0.2) is 90.1 Å². The summed E-state index contributed by atoms with van der Waals surface area (Å²) in [6.07, 6.45) is 6.49. The Kier molecular flexibility index (Phi) is 7.08. The van der Waals surface area contributed by atoms with Crippen LogP contribution in [0.3, 0.4) is 0 Å². The summed E-state index contributed by atoms with van der Waals surface area (Å²) in [6, 6.07) is 25.4. The van der Waals surface area contributed by atoms with Crippen molar-refractivity contribution in [1.82, 2.24) is 5.43 Å². The molecule has 3 aromatic carbocycles. The number of nitrogens with one attached hydrogen (secondary N) is 1. The van der Waals surface area contributed by atoms with Crippen molar-refractivity contribution in [2.75, 3.05) is 11.6 Å². The van der Waals surface area contributed by atoms with Gasteiger partial charge in [-0.1, -0.05) is 86.8 Å². The van der Waals surface area contributed by atoms with E-state index in [4.69, 9.17) is 9.73 Å². The third kappa shape index (κ3) is 5.30. The van der Waals surface area contributed by atoms with Crippen LogP contribution in [0.1, 0.15) is 43.7 Å². The molecule has 5 nitrogen and oxygen atoms in total. The summed E-state index contributed by atoms with van der Waals surface area (Å²) in [4.78, 5) is 4.83. The molecule has 0 aromatic heterocycles. The summed E-state index contributed by atoms with van der Waals surface area (Å²) in [5, 5.41) is 12.6. The number of rotatable bonds is 9. The number of aliphatic imine (C=N–C) groups is 1. The van der Waals surface area contributed by atoms with E-state index in [9.17, 15) is 5.11 Å². The summed E-state index contributed by atoms with van der Waals surface area (Å²) in [5.74, 6) is 1.52. The Hall–Kier alpha value is -3.73. The highest BCUT2D eigenvalue weighted by Crippen LogP contribution is 2.33. The average molecular weight is 428 g/mol. The fourth-order valence-electron chi connectivity index (χ4n) is 3.56. The standard InChI is InChI=1S/C27H29N3O2/c1-2-3-4-11-18-32-23-16-17-25(26(31)19-23)30-20-24(21-12-7-5-8-13-21)28-27(29-30)22-14-9-6-10-15-22/h5-10,12-17,19-20,31H,2-4,11,18H2,1H3,(H,28,29). The minimum Gasteiger partial charge on any atom is -0.506 e. The van der Waals surface area contributed by atoms with Crippen LogP contribution in [0.25, 0.3) is 5.70 Å². The van der Waals surface area contributed by atoms with Gasteiger partial charge in [-0.2, -0.15) is 0 Å². The number of aromatic hydroxyl groups is 1. The molecule has 1 aliphatic rings. The smallest absolute Gasteiger partial charge is 0.152 e. The molecule has 0 saturated heterocycles. The lowest BCUT2D eigenvalue weighted by molar-refractivity contribution is 0.303. The first kappa shape index (κ1) is 21.5. The number of amidine groups is 1. The van der Waals surface area contributed by atoms with E-state index in [0.717, 1.165) is 29.7 Å². The van der Waals surface area contributed by atoms with Crippen molar-refractivity contribution < 1.29 is 9.84 Å². The minimum absolute atomic E-state index is 0.140. The minimum atomic E-state index is 0.140. The first-order valence-corrected chi connectivity index (χ1v) is 11.2. The van der Waals surface area contributed by atoms with Gasteiger partial charge in [0.2, 0.25) is 0 Å². The van der Waals surface area contributed by atoms with E-state index >= 15 is 0 Å². The molecular weight excluding hydrogens is 398 g/mol. The van der Waals surface area contributed by atoms with Gasteiger partial charge in [-0.05, 0) is 18.6 Å². The maximum atomic E-state index is 10.8. The van der Waals surface area contributed by atoms with Crippen molar-refractivity contribution in [1.29, 1.82) is 0 Å². The highest BCUT2D eigenvalue weighted by Gasteiger charge is 2.19. The average Bonchev–Trinajstić information content (AvgIpc) is 2.85. The first-order chi connectivity index (χ1) is 15.7. The number of unbranched alkanes of at least 4 members (excludes halogenated alkanes) is 3. The zero-order valence-electron chi connectivity index (χ0n) is 18.4.